The first-order valence-electron chi connectivity index (χ1n) is 7.04. The summed E-state index contributed by atoms with van der Waals surface area (Å²) in [4.78, 5) is 8.81. The number of hydrogen-bond donors (Lipinski definition) is 2. The van der Waals surface area contributed by atoms with Gasteiger partial charge in [0, 0.05) is 24.3 Å². The number of nitrogens with zero attached hydrogens (tertiary/aromatic N) is 2. The van der Waals surface area contributed by atoms with Crippen LogP contribution in [0.2, 0.25) is 0 Å². The summed E-state index contributed by atoms with van der Waals surface area (Å²) in [6, 6.07) is 0.496. The summed E-state index contributed by atoms with van der Waals surface area (Å²) in [6.07, 6.45) is 7.33. The van der Waals surface area contributed by atoms with Crippen molar-refractivity contribution in [2.45, 2.75) is 52.5 Å². The van der Waals surface area contributed by atoms with Crippen LogP contribution in [-0.4, -0.2) is 22.6 Å². The molecule has 0 spiro atoms. The molecule has 4 heteroatoms. The Kier molecular flexibility index (Phi) is 4.39. The third kappa shape index (κ3) is 3.12. The van der Waals surface area contributed by atoms with Gasteiger partial charge in [-0.2, -0.15) is 4.98 Å². The average Bonchev–Trinajstić information content (AvgIpc) is 2.87. The normalized spacial score (nSPS) is 17.7. The molecule has 2 rings (SSSR count). The van der Waals surface area contributed by atoms with E-state index in [4.69, 9.17) is 0 Å². The molecule has 0 bridgehead atoms. The van der Waals surface area contributed by atoms with Crippen LogP contribution in [-0.2, 0) is 0 Å². The van der Waals surface area contributed by atoms with Gasteiger partial charge in [-0.1, -0.05) is 12.8 Å². The van der Waals surface area contributed by atoms with Crippen LogP contribution >= 0.6 is 0 Å². The lowest BCUT2D eigenvalue weighted by Gasteiger charge is -2.22. The molecular formula is C14H24N4. The number of hydrogen-bond acceptors (Lipinski definition) is 4. The molecule has 100 valence electrons. The van der Waals surface area contributed by atoms with E-state index in [1.165, 1.54) is 25.7 Å². The quantitative estimate of drug-likeness (QED) is 0.840. The zero-order valence-corrected chi connectivity index (χ0v) is 11.7. The first-order chi connectivity index (χ1) is 8.70. The van der Waals surface area contributed by atoms with Gasteiger partial charge < -0.3 is 10.6 Å². The number of nitrogens with one attached hydrogen (secondary N) is 2. The molecular weight excluding hydrogens is 224 g/mol. The lowest BCUT2D eigenvalue weighted by Crippen LogP contribution is -2.25. The fourth-order valence-corrected chi connectivity index (χ4v) is 2.62. The first kappa shape index (κ1) is 13.1. The molecule has 2 N–H and O–H groups in total. The van der Waals surface area contributed by atoms with Crippen molar-refractivity contribution in [3.8, 4) is 0 Å². The summed E-state index contributed by atoms with van der Waals surface area (Å²) in [5, 5.41) is 6.72. The smallest absolute Gasteiger partial charge is 0.224 e. The molecule has 1 aromatic heterocycles. The van der Waals surface area contributed by atoms with Gasteiger partial charge in [-0.15, -0.1) is 0 Å². The maximum atomic E-state index is 4.54. The summed E-state index contributed by atoms with van der Waals surface area (Å²) in [6.45, 7) is 7.22. The Morgan fingerprint density at radius 1 is 1.39 bits per heavy atom. The van der Waals surface area contributed by atoms with E-state index in [0.717, 1.165) is 23.8 Å². The van der Waals surface area contributed by atoms with E-state index in [2.05, 4.69) is 41.4 Å². The number of aryl methyl sites for hydroxylation is 1. The van der Waals surface area contributed by atoms with Crippen molar-refractivity contribution in [2.75, 3.05) is 17.2 Å². The summed E-state index contributed by atoms with van der Waals surface area (Å²) in [5.74, 6) is 2.48. The molecule has 1 fully saturated rings. The Labute approximate surface area is 110 Å². The lowest BCUT2D eigenvalue weighted by atomic mass is 10.00. The van der Waals surface area contributed by atoms with Crippen molar-refractivity contribution in [3.63, 3.8) is 0 Å². The van der Waals surface area contributed by atoms with Crippen LogP contribution in [0.25, 0.3) is 0 Å². The summed E-state index contributed by atoms with van der Waals surface area (Å²) in [7, 11) is 0. The Balaban J connectivity index is 2.04. The summed E-state index contributed by atoms with van der Waals surface area (Å²) in [5.41, 5.74) is 1.11. The van der Waals surface area contributed by atoms with Crippen LogP contribution in [0.3, 0.4) is 0 Å². The molecule has 0 aliphatic heterocycles. The topological polar surface area (TPSA) is 49.8 Å². The van der Waals surface area contributed by atoms with E-state index in [1.807, 2.05) is 6.20 Å². The SMILES string of the molecule is CCNc1ncc(C)c(NC(C)C2CCCC2)n1. The van der Waals surface area contributed by atoms with Crippen molar-refractivity contribution < 1.29 is 0 Å². The highest BCUT2D eigenvalue weighted by molar-refractivity contribution is 5.47. The highest BCUT2D eigenvalue weighted by Crippen LogP contribution is 2.29. The molecule has 0 saturated heterocycles. The van der Waals surface area contributed by atoms with Gasteiger partial charge in [0.05, 0.1) is 0 Å². The largest absolute Gasteiger partial charge is 0.367 e. The molecule has 1 aliphatic rings. The van der Waals surface area contributed by atoms with Crippen LogP contribution in [0, 0.1) is 12.8 Å². The minimum atomic E-state index is 0.496. The Bertz CT molecular complexity index is 385. The molecule has 1 atom stereocenters. The van der Waals surface area contributed by atoms with Crippen LogP contribution < -0.4 is 10.6 Å². The highest BCUT2D eigenvalue weighted by atomic mass is 15.1. The van der Waals surface area contributed by atoms with Gasteiger partial charge in [0.2, 0.25) is 5.95 Å². The number of rotatable bonds is 5. The second-order valence-electron chi connectivity index (χ2n) is 5.23. The molecule has 18 heavy (non-hydrogen) atoms. The monoisotopic (exact) mass is 248 g/mol. The molecule has 1 aliphatic carbocycles. The predicted octanol–water partition coefficient (Wildman–Crippen LogP) is 3.21. The summed E-state index contributed by atoms with van der Waals surface area (Å²) < 4.78 is 0. The minimum absolute atomic E-state index is 0.496. The molecule has 1 heterocycles. The second-order valence-corrected chi connectivity index (χ2v) is 5.23. The third-order valence-corrected chi connectivity index (χ3v) is 3.78. The van der Waals surface area contributed by atoms with E-state index in [1.54, 1.807) is 0 Å². The number of anilines is 2. The van der Waals surface area contributed by atoms with E-state index in [0.29, 0.717) is 12.0 Å². The minimum Gasteiger partial charge on any atom is -0.367 e. The molecule has 0 aromatic carbocycles. The standard InChI is InChI=1S/C14H24N4/c1-4-15-14-16-9-10(2)13(18-14)17-11(3)12-7-5-6-8-12/h9,11-12H,4-8H2,1-3H3,(H2,15,16,17,18). The van der Waals surface area contributed by atoms with Crippen LogP contribution in [0.1, 0.15) is 45.1 Å². The zero-order valence-electron chi connectivity index (χ0n) is 11.7. The average molecular weight is 248 g/mol. The lowest BCUT2D eigenvalue weighted by molar-refractivity contribution is 0.481. The van der Waals surface area contributed by atoms with Crippen LogP contribution in [0.4, 0.5) is 11.8 Å². The van der Waals surface area contributed by atoms with Crippen molar-refractivity contribution in [1.82, 2.24) is 9.97 Å². The Morgan fingerprint density at radius 2 is 2.11 bits per heavy atom. The van der Waals surface area contributed by atoms with Gasteiger partial charge in [0.1, 0.15) is 5.82 Å². The van der Waals surface area contributed by atoms with Crippen LogP contribution in [0.15, 0.2) is 6.20 Å². The van der Waals surface area contributed by atoms with Crippen molar-refractivity contribution in [3.05, 3.63) is 11.8 Å². The highest BCUT2D eigenvalue weighted by Gasteiger charge is 2.22. The van der Waals surface area contributed by atoms with Gasteiger partial charge >= 0.3 is 0 Å². The van der Waals surface area contributed by atoms with E-state index in [9.17, 15) is 0 Å². The zero-order chi connectivity index (χ0) is 13.0. The molecule has 4 nitrogen and oxygen atoms in total. The van der Waals surface area contributed by atoms with Crippen molar-refractivity contribution in [1.29, 1.82) is 0 Å². The van der Waals surface area contributed by atoms with E-state index >= 15 is 0 Å². The van der Waals surface area contributed by atoms with Gasteiger partial charge in [0.15, 0.2) is 0 Å². The third-order valence-electron chi connectivity index (χ3n) is 3.78. The fraction of sp³-hybridized carbons (Fsp3) is 0.714. The van der Waals surface area contributed by atoms with Gasteiger partial charge in [-0.3, -0.25) is 0 Å². The van der Waals surface area contributed by atoms with E-state index < -0.39 is 0 Å². The molecule has 1 saturated carbocycles. The van der Waals surface area contributed by atoms with Crippen LogP contribution in [0.5, 0.6) is 0 Å². The van der Waals surface area contributed by atoms with E-state index in [-0.39, 0.29) is 0 Å². The van der Waals surface area contributed by atoms with Crippen molar-refractivity contribution >= 4 is 11.8 Å². The fourth-order valence-electron chi connectivity index (χ4n) is 2.62. The second kappa shape index (κ2) is 6.03. The van der Waals surface area contributed by atoms with Crippen molar-refractivity contribution in [2.24, 2.45) is 5.92 Å². The molecule has 1 aromatic rings. The Hall–Kier alpha value is -1.32. The molecule has 0 radical (unpaired) electrons. The maximum absolute atomic E-state index is 4.54. The van der Waals surface area contributed by atoms with Gasteiger partial charge in [-0.25, -0.2) is 4.98 Å². The van der Waals surface area contributed by atoms with Gasteiger partial charge in [-0.05, 0) is 39.5 Å². The first-order valence-corrected chi connectivity index (χ1v) is 7.04. The van der Waals surface area contributed by atoms with Gasteiger partial charge in [0.25, 0.3) is 0 Å². The Morgan fingerprint density at radius 3 is 2.78 bits per heavy atom. The predicted molar refractivity (Wildman–Crippen MR) is 76.0 cm³/mol. The summed E-state index contributed by atoms with van der Waals surface area (Å²) >= 11 is 0. The maximum Gasteiger partial charge on any atom is 0.224 e. The number of aromatic nitrogens is 2. The molecule has 1 unspecified atom stereocenters. The molecule has 0 amide bonds.